The van der Waals surface area contributed by atoms with Crippen LogP contribution in [0.4, 0.5) is 0 Å². The number of hydrogen-bond acceptors (Lipinski definition) is 5. The van der Waals surface area contributed by atoms with Gasteiger partial charge in [0.2, 0.25) is 5.91 Å². The van der Waals surface area contributed by atoms with Crippen LogP contribution in [0, 0.1) is 0 Å². The van der Waals surface area contributed by atoms with Gasteiger partial charge in [0.1, 0.15) is 12.3 Å². The van der Waals surface area contributed by atoms with Gasteiger partial charge in [0.05, 0.1) is 13.2 Å². The highest BCUT2D eigenvalue weighted by Gasteiger charge is 2.24. The van der Waals surface area contributed by atoms with Gasteiger partial charge in [-0.2, -0.15) is 0 Å². The van der Waals surface area contributed by atoms with Gasteiger partial charge in [-0.3, -0.25) is 14.1 Å². The van der Waals surface area contributed by atoms with E-state index in [1.54, 1.807) is 25.4 Å². The van der Waals surface area contributed by atoms with Crippen LogP contribution in [0.15, 0.2) is 53.5 Å². The molecule has 0 saturated carbocycles. The van der Waals surface area contributed by atoms with Crippen molar-refractivity contribution in [2.75, 3.05) is 26.7 Å². The van der Waals surface area contributed by atoms with E-state index >= 15 is 0 Å². The molecular formula is C21H25N5O3. The topological polar surface area (TPSA) is 80.9 Å². The third kappa shape index (κ3) is 4.17. The van der Waals surface area contributed by atoms with E-state index < -0.39 is 0 Å². The van der Waals surface area contributed by atoms with E-state index in [0.717, 1.165) is 37.2 Å². The number of fused-ring (bicyclic) bond motifs is 1. The molecule has 0 bridgehead atoms. The van der Waals surface area contributed by atoms with Crippen molar-refractivity contribution in [1.82, 2.24) is 24.4 Å². The first kappa shape index (κ1) is 19.2. The van der Waals surface area contributed by atoms with Crippen LogP contribution in [0.1, 0.15) is 24.4 Å². The van der Waals surface area contributed by atoms with E-state index in [0.29, 0.717) is 12.2 Å². The minimum Gasteiger partial charge on any atom is -0.497 e. The van der Waals surface area contributed by atoms with Gasteiger partial charge < -0.3 is 10.1 Å². The van der Waals surface area contributed by atoms with E-state index in [1.165, 1.54) is 9.08 Å². The number of methoxy groups -OCH3 is 1. The summed E-state index contributed by atoms with van der Waals surface area (Å²) in [5.41, 5.74) is 1.35. The minimum atomic E-state index is -0.318. The Hall–Kier alpha value is -3.13. The fourth-order valence-electron chi connectivity index (χ4n) is 3.81. The molecule has 1 aliphatic rings. The van der Waals surface area contributed by atoms with Crippen molar-refractivity contribution in [3.63, 3.8) is 0 Å². The second-order valence-electron chi connectivity index (χ2n) is 7.21. The number of nitrogens with one attached hydrogen (secondary N) is 1. The third-order valence-electron chi connectivity index (χ3n) is 5.36. The summed E-state index contributed by atoms with van der Waals surface area (Å²) in [5.74, 6) is 0.581. The Labute approximate surface area is 168 Å². The molecule has 1 N–H and O–H groups in total. The van der Waals surface area contributed by atoms with Crippen LogP contribution in [-0.2, 0) is 11.3 Å². The second-order valence-corrected chi connectivity index (χ2v) is 7.21. The van der Waals surface area contributed by atoms with Crippen LogP contribution in [0.2, 0.25) is 0 Å². The van der Waals surface area contributed by atoms with E-state index in [4.69, 9.17) is 4.74 Å². The molecule has 4 rings (SSSR count). The number of aromatic nitrogens is 3. The van der Waals surface area contributed by atoms with Crippen LogP contribution in [0.25, 0.3) is 5.65 Å². The smallest absolute Gasteiger partial charge is 0.350 e. The lowest BCUT2D eigenvalue weighted by molar-refractivity contribution is -0.122. The van der Waals surface area contributed by atoms with E-state index in [-0.39, 0.29) is 24.2 Å². The Morgan fingerprint density at radius 1 is 1.17 bits per heavy atom. The molecule has 8 nitrogen and oxygen atoms in total. The van der Waals surface area contributed by atoms with Gasteiger partial charge >= 0.3 is 5.69 Å². The molecule has 0 spiro atoms. The van der Waals surface area contributed by atoms with Gasteiger partial charge in [0.25, 0.3) is 0 Å². The molecule has 1 atom stereocenters. The molecule has 1 fully saturated rings. The summed E-state index contributed by atoms with van der Waals surface area (Å²) in [5, 5.41) is 7.20. The van der Waals surface area contributed by atoms with Crippen molar-refractivity contribution in [2.24, 2.45) is 0 Å². The first-order valence-corrected chi connectivity index (χ1v) is 9.84. The Morgan fingerprint density at radius 3 is 2.62 bits per heavy atom. The predicted octanol–water partition coefficient (Wildman–Crippen LogP) is 1.46. The van der Waals surface area contributed by atoms with E-state index in [9.17, 15) is 9.59 Å². The number of nitrogens with zero attached hydrogens (tertiary/aromatic N) is 4. The lowest BCUT2D eigenvalue weighted by Crippen LogP contribution is -2.39. The minimum absolute atomic E-state index is 0.0881. The number of rotatable bonds is 7. The number of carbonyl (C=O) groups excluding carboxylic acids is 1. The Morgan fingerprint density at radius 2 is 1.93 bits per heavy atom. The summed E-state index contributed by atoms with van der Waals surface area (Å²) in [6, 6.07) is 13.4. The molecule has 1 amide bonds. The zero-order valence-electron chi connectivity index (χ0n) is 16.5. The number of amides is 1. The van der Waals surface area contributed by atoms with Crippen LogP contribution >= 0.6 is 0 Å². The maximum atomic E-state index is 12.5. The molecule has 2 aromatic heterocycles. The second kappa shape index (κ2) is 8.48. The monoisotopic (exact) mass is 395 g/mol. The highest BCUT2D eigenvalue weighted by atomic mass is 16.5. The maximum Gasteiger partial charge on any atom is 0.350 e. The number of carbonyl (C=O) groups is 1. The highest BCUT2D eigenvalue weighted by molar-refractivity contribution is 5.75. The molecule has 152 valence electrons. The molecule has 8 heteroatoms. The maximum absolute atomic E-state index is 12.5. The molecule has 0 aliphatic carbocycles. The number of likely N-dealkylation sites (tertiary alicyclic amines) is 1. The fourth-order valence-corrected chi connectivity index (χ4v) is 3.81. The normalized spacial score (nSPS) is 15.5. The van der Waals surface area contributed by atoms with Crippen molar-refractivity contribution < 1.29 is 9.53 Å². The first-order valence-electron chi connectivity index (χ1n) is 9.84. The zero-order valence-corrected chi connectivity index (χ0v) is 16.5. The van der Waals surface area contributed by atoms with Gasteiger partial charge in [0, 0.05) is 12.7 Å². The number of ether oxygens (including phenoxy) is 1. The molecule has 3 heterocycles. The van der Waals surface area contributed by atoms with E-state index in [1.807, 2.05) is 30.3 Å². The standard InChI is InChI=1S/C21H25N5O3/c1-29-17-9-7-16(8-10-17)18(24-11-4-5-12-24)14-22-20(27)15-26-21(28)25-13-3-2-6-19(25)23-26/h2-3,6-10,13,18H,4-5,11-12,14-15H2,1H3,(H,22,27). The van der Waals surface area contributed by atoms with Gasteiger partial charge in [-0.05, 0) is 55.8 Å². The zero-order chi connectivity index (χ0) is 20.2. The summed E-state index contributed by atoms with van der Waals surface area (Å²) >= 11 is 0. The predicted molar refractivity (Wildman–Crippen MR) is 109 cm³/mol. The first-order chi connectivity index (χ1) is 14.2. The largest absolute Gasteiger partial charge is 0.497 e. The third-order valence-corrected chi connectivity index (χ3v) is 5.36. The summed E-state index contributed by atoms with van der Waals surface area (Å²) < 4.78 is 7.88. The Kier molecular flexibility index (Phi) is 5.62. The highest BCUT2D eigenvalue weighted by Crippen LogP contribution is 2.26. The molecular weight excluding hydrogens is 370 g/mol. The Balaban J connectivity index is 1.45. The SMILES string of the molecule is COc1ccc(C(CNC(=O)Cn2nc3ccccn3c2=O)N2CCCC2)cc1. The molecule has 3 aromatic rings. The van der Waals surface area contributed by atoms with Crippen LogP contribution < -0.4 is 15.7 Å². The molecule has 29 heavy (non-hydrogen) atoms. The summed E-state index contributed by atoms with van der Waals surface area (Å²) in [6.45, 7) is 2.40. The van der Waals surface area contributed by atoms with Crippen molar-refractivity contribution in [2.45, 2.75) is 25.4 Å². The Bertz CT molecular complexity index is 1030. The quantitative estimate of drug-likeness (QED) is 0.655. The summed E-state index contributed by atoms with van der Waals surface area (Å²) in [7, 11) is 1.65. The van der Waals surface area contributed by atoms with E-state index in [2.05, 4.69) is 15.3 Å². The number of benzene rings is 1. The van der Waals surface area contributed by atoms with Crippen molar-refractivity contribution in [1.29, 1.82) is 0 Å². The lowest BCUT2D eigenvalue weighted by atomic mass is 10.1. The average molecular weight is 395 g/mol. The molecule has 1 aliphatic heterocycles. The lowest BCUT2D eigenvalue weighted by Gasteiger charge is -2.28. The van der Waals surface area contributed by atoms with Crippen LogP contribution in [-0.4, -0.2) is 51.7 Å². The van der Waals surface area contributed by atoms with Gasteiger partial charge in [-0.1, -0.05) is 18.2 Å². The molecule has 1 aromatic carbocycles. The van der Waals surface area contributed by atoms with Gasteiger partial charge in [0.15, 0.2) is 5.65 Å². The van der Waals surface area contributed by atoms with Gasteiger partial charge in [-0.15, -0.1) is 5.10 Å². The number of pyridine rings is 1. The van der Waals surface area contributed by atoms with Crippen molar-refractivity contribution >= 4 is 11.6 Å². The van der Waals surface area contributed by atoms with Crippen LogP contribution in [0.5, 0.6) is 5.75 Å². The van der Waals surface area contributed by atoms with Gasteiger partial charge in [-0.25, -0.2) is 9.48 Å². The van der Waals surface area contributed by atoms with Crippen LogP contribution in [0.3, 0.4) is 0 Å². The summed E-state index contributed by atoms with van der Waals surface area (Å²) in [6.07, 6.45) is 3.97. The van der Waals surface area contributed by atoms with Crippen molar-refractivity contribution in [3.05, 3.63) is 64.7 Å². The molecule has 1 unspecified atom stereocenters. The fraction of sp³-hybridized carbons (Fsp3) is 0.381. The van der Waals surface area contributed by atoms with Crippen molar-refractivity contribution in [3.8, 4) is 5.75 Å². The molecule has 1 saturated heterocycles. The average Bonchev–Trinajstić information content (AvgIpc) is 3.38. The number of hydrogen-bond donors (Lipinski definition) is 1. The summed E-state index contributed by atoms with van der Waals surface area (Å²) in [4.78, 5) is 27.3. The molecule has 0 radical (unpaired) electrons.